The average molecular weight is 173 g/mol. The first-order valence-corrected chi connectivity index (χ1v) is 4.23. The lowest BCUT2D eigenvalue weighted by atomic mass is 10.2. The zero-order valence-electron chi connectivity index (χ0n) is 7.34. The summed E-state index contributed by atoms with van der Waals surface area (Å²) in [6, 6.07) is 0. The fourth-order valence-corrected chi connectivity index (χ4v) is 1.13. The van der Waals surface area contributed by atoms with Gasteiger partial charge in [-0.15, -0.1) is 0 Å². The molecule has 1 fully saturated rings. The maximum Gasteiger partial charge on any atom is 0.245 e. The first-order chi connectivity index (χ1) is 5.83. The molecule has 0 saturated carbocycles. The summed E-state index contributed by atoms with van der Waals surface area (Å²) < 4.78 is 10.4. The highest BCUT2D eigenvalue weighted by Crippen LogP contribution is 2.11. The quantitative estimate of drug-likeness (QED) is 0.647. The minimum Gasteiger partial charge on any atom is -0.376 e. The highest BCUT2D eigenvalue weighted by atomic mass is 16.5. The van der Waals surface area contributed by atoms with Gasteiger partial charge < -0.3 is 14.8 Å². The Morgan fingerprint density at radius 1 is 1.75 bits per heavy atom. The highest BCUT2D eigenvalue weighted by molar-refractivity contribution is 5.76. The largest absolute Gasteiger partial charge is 0.376 e. The van der Waals surface area contributed by atoms with E-state index in [1.165, 1.54) is 0 Å². The van der Waals surface area contributed by atoms with Crippen LogP contribution in [0.1, 0.15) is 12.8 Å². The second kappa shape index (κ2) is 5.11. The number of ether oxygens (including phenoxy) is 2. The van der Waals surface area contributed by atoms with E-state index in [4.69, 9.17) is 9.47 Å². The number of hydrogen-bond donors (Lipinski definition) is 1. The van der Waals surface area contributed by atoms with Crippen molar-refractivity contribution in [1.82, 2.24) is 5.32 Å². The highest BCUT2D eigenvalue weighted by Gasteiger charge is 2.15. The van der Waals surface area contributed by atoms with Crippen LogP contribution in [0.5, 0.6) is 0 Å². The molecular formula is C8H15NO3. The molecule has 1 saturated heterocycles. The molecule has 0 bridgehead atoms. The number of nitrogens with one attached hydrogen (secondary N) is 1. The first kappa shape index (κ1) is 9.48. The summed E-state index contributed by atoms with van der Waals surface area (Å²) in [4.78, 5) is 10.7. The Hall–Kier alpha value is -0.610. The number of hydrogen-bond acceptors (Lipinski definition) is 3. The van der Waals surface area contributed by atoms with Crippen LogP contribution in [0.25, 0.3) is 0 Å². The summed E-state index contributed by atoms with van der Waals surface area (Å²) in [6.07, 6.45) is 2.36. The molecule has 1 atom stereocenters. The molecule has 0 aromatic carbocycles. The van der Waals surface area contributed by atoms with Crippen LogP contribution in [0.2, 0.25) is 0 Å². The lowest BCUT2D eigenvalue weighted by molar-refractivity contribution is -0.126. The van der Waals surface area contributed by atoms with Crippen LogP contribution in [0.4, 0.5) is 0 Å². The molecule has 4 nitrogen and oxygen atoms in total. The Bertz CT molecular complexity index is 143. The normalized spacial score (nSPS) is 22.6. The van der Waals surface area contributed by atoms with Crippen LogP contribution >= 0.6 is 0 Å². The average Bonchev–Trinajstić information content (AvgIpc) is 2.57. The Labute approximate surface area is 72.2 Å². The van der Waals surface area contributed by atoms with Crippen molar-refractivity contribution in [1.29, 1.82) is 0 Å². The first-order valence-electron chi connectivity index (χ1n) is 4.23. The third kappa shape index (κ3) is 3.19. The molecule has 1 unspecified atom stereocenters. The minimum absolute atomic E-state index is 0.0898. The smallest absolute Gasteiger partial charge is 0.245 e. The summed E-state index contributed by atoms with van der Waals surface area (Å²) in [6.45, 7) is 1.50. The molecular weight excluding hydrogens is 158 g/mol. The second-order valence-corrected chi connectivity index (χ2v) is 2.82. The number of amides is 1. The van der Waals surface area contributed by atoms with Crippen molar-refractivity contribution in [3.63, 3.8) is 0 Å². The van der Waals surface area contributed by atoms with E-state index >= 15 is 0 Å². The van der Waals surface area contributed by atoms with Gasteiger partial charge in [-0.1, -0.05) is 0 Å². The maximum absolute atomic E-state index is 10.7. The zero-order valence-corrected chi connectivity index (χ0v) is 7.34. The van der Waals surface area contributed by atoms with Crippen molar-refractivity contribution < 1.29 is 14.3 Å². The molecule has 1 heterocycles. The summed E-state index contributed by atoms with van der Waals surface area (Å²) in [5, 5.41) is 2.49. The zero-order chi connectivity index (χ0) is 8.81. The Morgan fingerprint density at radius 2 is 2.58 bits per heavy atom. The molecule has 12 heavy (non-hydrogen) atoms. The predicted molar refractivity (Wildman–Crippen MR) is 43.9 cm³/mol. The summed E-state index contributed by atoms with van der Waals surface area (Å²) in [5.41, 5.74) is 0. The molecule has 1 rings (SSSR count). The maximum atomic E-state index is 10.7. The molecule has 0 aliphatic carbocycles. The van der Waals surface area contributed by atoms with Gasteiger partial charge in [0, 0.05) is 13.7 Å². The molecule has 0 aromatic heterocycles. The van der Waals surface area contributed by atoms with Gasteiger partial charge in [0.2, 0.25) is 5.91 Å². The molecule has 1 amide bonds. The molecule has 1 aliphatic heterocycles. The fraction of sp³-hybridized carbons (Fsp3) is 0.875. The van der Waals surface area contributed by atoms with Crippen LogP contribution < -0.4 is 5.32 Å². The topological polar surface area (TPSA) is 47.6 Å². The van der Waals surface area contributed by atoms with E-state index < -0.39 is 0 Å². The van der Waals surface area contributed by atoms with E-state index in [1.807, 2.05) is 0 Å². The van der Waals surface area contributed by atoms with Gasteiger partial charge in [-0.3, -0.25) is 4.79 Å². The van der Waals surface area contributed by atoms with E-state index in [0.717, 1.165) is 19.4 Å². The number of carbonyl (C=O) groups is 1. The van der Waals surface area contributed by atoms with Crippen LogP contribution in [0.15, 0.2) is 0 Å². The SMILES string of the molecule is CNC(=O)COCC1CCCO1. The summed E-state index contributed by atoms with van der Waals surface area (Å²) in [5.74, 6) is -0.0898. The molecule has 1 aliphatic rings. The van der Waals surface area contributed by atoms with E-state index in [9.17, 15) is 4.79 Å². The van der Waals surface area contributed by atoms with Gasteiger partial charge in [0.1, 0.15) is 6.61 Å². The van der Waals surface area contributed by atoms with Crippen LogP contribution in [-0.4, -0.2) is 38.9 Å². The molecule has 0 aromatic rings. The van der Waals surface area contributed by atoms with Crippen molar-refractivity contribution in [2.24, 2.45) is 0 Å². The van der Waals surface area contributed by atoms with Crippen molar-refractivity contribution in [2.75, 3.05) is 26.9 Å². The summed E-state index contributed by atoms with van der Waals surface area (Å²) in [7, 11) is 1.60. The van der Waals surface area contributed by atoms with E-state index in [2.05, 4.69) is 5.32 Å². The molecule has 0 spiro atoms. The van der Waals surface area contributed by atoms with Gasteiger partial charge >= 0.3 is 0 Å². The van der Waals surface area contributed by atoms with Crippen molar-refractivity contribution in [3.8, 4) is 0 Å². The summed E-state index contributed by atoms with van der Waals surface area (Å²) >= 11 is 0. The molecule has 4 heteroatoms. The standard InChI is InChI=1S/C8H15NO3/c1-9-8(10)6-11-5-7-3-2-4-12-7/h7H,2-6H2,1H3,(H,9,10). The number of likely N-dealkylation sites (N-methyl/N-ethyl adjacent to an activating group) is 1. The van der Waals surface area contributed by atoms with Crippen LogP contribution in [0, 0.1) is 0 Å². The van der Waals surface area contributed by atoms with E-state index in [1.54, 1.807) is 7.05 Å². The molecule has 0 radical (unpaired) electrons. The lowest BCUT2D eigenvalue weighted by Crippen LogP contribution is -2.25. The fourth-order valence-electron chi connectivity index (χ4n) is 1.13. The van der Waals surface area contributed by atoms with Crippen LogP contribution in [-0.2, 0) is 14.3 Å². The van der Waals surface area contributed by atoms with Gasteiger partial charge in [0.05, 0.1) is 12.7 Å². The predicted octanol–water partition coefficient (Wildman–Crippen LogP) is -0.0720. The van der Waals surface area contributed by atoms with E-state index in [0.29, 0.717) is 6.61 Å². The third-order valence-corrected chi connectivity index (χ3v) is 1.84. The van der Waals surface area contributed by atoms with Gasteiger partial charge in [-0.25, -0.2) is 0 Å². The minimum atomic E-state index is -0.0898. The Morgan fingerprint density at radius 3 is 3.17 bits per heavy atom. The Kier molecular flexibility index (Phi) is 4.04. The molecule has 1 N–H and O–H groups in total. The van der Waals surface area contributed by atoms with Crippen LogP contribution in [0.3, 0.4) is 0 Å². The monoisotopic (exact) mass is 173 g/mol. The number of rotatable bonds is 4. The van der Waals surface area contributed by atoms with Gasteiger partial charge in [0.25, 0.3) is 0 Å². The lowest BCUT2D eigenvalue weighted by Gasteiger charge is -2.08. The third-order valence-electron chi connectivity index (χ3n) is 1.84. The van der Waals surface area contributed by atoms with Gasteiger partial charge in [-0.05, 0) is 12.8 Å². The second-order valence-electron chi connectivity index (χ2n) is 2.82. The van der Waals surface area contributed by atoms with E-state index in [-0.39, 0.29) is 18.6 Å². The van der Waals surface area contributed by atoms with Gasteiger partial charge in [-0.2, -0.15) is 0 Å². The van der Waals surface area contributed by atoms with Crippen molar-refractivity contribution in [2.45, 2.75) is 18.9 Å². The van der Waals surface area contributed by atoms with Crippen molar-refractivity contribution in [3.05, 3.63) is 0 Å². The van der Waals surface area contributed by atoms with Crippen molar-refractivity contribution >= 4 is 5.91 Å². The van der Waals surface area contributed by atoms with Gasteiger partial charge in [0.15, 0.2) is 0 Å². The Balaban J connectivity index is 1.97. The number of carbonyl (C=O) groups excluding carboxylic acids is 1. The molecule has 70 valence electrons.